The van der Waals surface area contributed by atoms with Crippen molar-refractivity contribution in [1.29, 1.82) is 0 Å². The minimum Gasteiger partial charge on any atom is -0.354 e. The Bertz CT molecular complexity index is 854. The van der Waals surface area contributed by atoms with E-state index >= 15 is 0 Å². The van der Waals surface area contributed by atoms with Crippen LogP contribution in [0.5, 0.6) is 0 Å². The van der Waals surface area contributed by atoms with Gasteiger partial charge in [0.2, 0.25) is 34.1 Å². The predicted molar refractivity (Wildman–Crippen MR) is 160 cm³/mol. The van der Waals surface area contributed by atoms with E-state index in [4.69, 9.17) is 9.97 Å². The van der Waals surface area contributed by atoms with Crippen molar-refractivity contribution in [3.05, 3.63) is 0 Å². The average molecular weight is 573 g/mol. The molecule has 0 aliphatic carbocycles. The molecule has 0 fully saturated rings. The van der Waals surface area contributed by atoms with Gasteiger partial charge in [-0.3, -0.25) is 0 Å². The molecule has 0 aliphatic rings. The smallest absolute Gasteiger partial charge is 0.231 e. The van der Waals surface area contributed by atoms with Gasteiger partial charge in [0, 0.05) is 37.3 Å². The Labute approximate surface area is 231 Å². The number of hydrogen-bond donors (Lipinski definition) is 2. The van der Waals surface area contributed by atoms with Gasteiger partial charge in [-0.25, -0.2) is 0 Å². The van der Waals surface area contributed by atoms with E-state index in [2.05, 4.69) is 95.8 Å². The van der Waals surface area contributed by atoms with Gasteiger partial charge in [-0.15, -0.1) is 0 Å². The van der Waals surface area contributed by atoms with Crippen molar-refractivity contribution in [2.24, 2.45) is 0 Å². The molecule has 202 valence electrons. The van der Waals surface area contributed by atoms with Crippen LogP contribution >= 0.6 is 41.2 Å². The summed E-state index contributed by atoms with van der Waals surface area (Å²) in [6, 6.07) is 1.10. The zero-order valence-electron chi connectivity index (χ0n) is 22.9. The summed E-state index contributed by atoms with van der Waals surface area (Å²) < 4.78 is 0. The molecule has 10 nitrogen and oxygen atoms in total. The predicted octanol–water partition coefficient (Wildman–Crippen LogP) is 6.26. The third-order valence-electron chi connectivity index (χ3n) is 4.81. The Morgan fingerprint density at radius 3 is 1.17 bits per heavy atom. The Balaban J connectivity index is 2.16. The number of nitrogens with one attached hydrogen (secondary N) is 2. The molecular formula is C22H40N10S4. The van der Waals surface area contributed by atoms with Crippen LogP contribution in [0.2, 0.25) is 0 Å². The molecule has 0 atom stereocenters. The largest absolute Gasteiger partial charge is 0.354 e. The minimum atomic E-state index is 0.275. The van der Waals surface area contributed by atoms with Gasteiger partial charge in [-0.2, -0.15) is 29.9 Å². The summed E-state index contributed by atoms with van der Waals surface area (Å²) in [6.07, 6.45) is 0. The lowest BCUT2D eigenvalue weighted by molar-refractivity contribution is 0.585. The maximum Gasteiger partial charge on any atom is 0.231 e. The first-order chi connectivity index (χ1) is 17.1. The highest BCUT2D eigenvalue weighted by Gasteiger charge is 2.21. The average Bonchev–Trinajstić information content (AvgIpc) is 2.76. The van der Waals surface area contributed by atoms with Crippen molar-refractivity contribution >= 4 is 65.0 Å². The van der Waals surface area contributed by atoms with Gasteiger partial charge in [-0.05, 0) is 110 Å². The number of nitrogens with zero attached hydrogens (tertiary/aromatic N) is 8. The van der Waals surface area contributed by atoms with E-state index in [1.807, 2.05) is 13.8 Å². The molecule has 2 heterocycles. The summed E-state index contributed by atoms with van der Waals surface area (Å²) in [7, 11) is 6.15. The SMILES string of the molecule is CCNc1nc(SSSSc2nc(NCC)nc(N(C(C)C)C(C)C)n2)nc(N(C(C)C)C(C)C)n1. The van der Waals surface area contributed by atoms with E-state index in [0.717, 1.165) is 13.1 Å². The van der Waals surface area contributed by atoms with Crippen LogP contribution in [0.25, 0.3) is 0 Å². The van der Waals surface area contributed by atoms with Crippen LogP contribution in [0.15, 0.2) is 10.3 Å². The maximum atomic E-state index is 4.74. The molecule has 2 N–H and O–H groups in total. The van der Waals surface area contributed by atoms with E-state index in [9.17, 15) is 0 Å². The van der Waals surface area contributed by atoms with Crippen molar-refractivity contribution < 1.29 is 0 Å². The molecule has 2 rings (SSSR count). The maximum absolute atomic E-state index is 4.74. The van der Waals surface area contributed by atoms with Crippen LogP contribution in [0.1, 0.15) is 69.2 Å². The van der Waals surface area contributed by atoms with E-state index in [1.165, 1.54) is 21.6 Å². The first-order valence-corrected chi connectivity index (χ1v) is 17.1. The second-order valence-electron chi connectivity index (χ2n) is 9.04. The zero-order valence-corrected chi connectivity index (χ0v) is 26.2. The van der Waals surface area contributed by atoms with Gasteiger partial charge in [0.15, 0.2) is 0 Å². The molecule has 0 spiro atoms. The van der Waals surface area contributed by atoms with Crippen LogP contribution in [0.4, 0.5) is 23.8 Å². The molecule has 0 amide bonds. The van der Waals surface area contributed by atoms with Crippen LogP contribution in [-0.2, 0) is 0 Å². The summed E-state index contributed by atoms with van der Waals surface area (Å²) in [5, 5.41) is 7.78. The van der Waals surface area contributed by atoms with Gasteiger partial charge in [0.25, 0.3) is 0 Å². The molecule has 0 saturated heterocycles. The summed E-state index contributed by atoms with van der Waals surface area (Å²) in [5.41, 5.74) is 0. The van der Waals surface area contributed by atoms with Gasteiger partial charge in [0.1, 0.15) is 0 Å². The fourth-order valence-corrected chi connectivity index (χ4v) is 8.41. The van der Waals surface area contributed by atoms with Gasteiger partial charge in [0.05, 0.1) is 0 Å². The Kier molecular flexibility index (Phi) is 13.0. The normalized spacial score (nSPS) is 11.6. The second kappa shape index (κ2) is 15.1. The highest BCUT2D eigenvalue weighted by atomic mass is 33.7. The first-order valence-electron chi connectivity index (χ1n) is 12.3. The van der Waals surface area contributed by atoms with Crippen LogP contribution < -0.4 is 20.4 Å². The van der Waals surface area contributed by atoms with Gasteiger partial charge in [-0.1, -0.05) is 0 Å². The number of hydrogen-bond acceptors (Lipinski definition) is 14. The van der Waals surface area contributed by atoms with Crippen LogP contribution in [0.3, 0.4) is 0 Å². The monoisotopic (exact) mass is 572 g/mol. The summed E-state index contributed by atoms with van der Waals surface area (Å²) in [5.74, 6) is 2.56. The number of aromatic nitrogens is 6. The summed E-state index contributed by atoms with van der Waals surface area (Å²) in [4.78, 5) is 32.3. The van der Waals surface area contributed by atoms with Crippen molar-refractivity contribution in [1.82, 2.24) is 29.9 Å². The molecule has 0 saturated carbocycles. The number of rotatable bonds is 15. The summed E-state index contributed by atoms with van der Waals surface area (Å²) in [6.45, 7) is 22.7. The molecule has 0 radical (unpaired) electrons. The Morgan fingerprint density at radius 1 is 0.556 bits per heavy atom. The van der Waals surface area contributed by atoms with Crippen molar-refractivity contribution in [3.8, 4) is 0 Å². The molecule has 2 aromatic rings. The highest BCUT2D eigenvalue weighted by Crippen LogP contribution is 2.48. The zero-order chi connectivity index (χ0) is 26.8. The molecule has 0 bridgehead atoms. The Morgan fingerprint density at radius 2 is 0.889 bits per heavy atom. The molecule has 2 aromatic heterocycles. The van der Waals surface area contributed by atoms with E-state index in [-0.39, 0.29) is 24.2 Å². The topological polar surface area (TPSA) is 108 Å². The lowest BCUT2D eigenvalue weighted by Gasteiger charge is -2.31. The standard InChI is InChI=1S/C22H40N10S4/c1-11-23-17-25-19(31(13(3)4)14(5)6)29-21(27-17)33-35-36-34-22-28-18(24-12-2)26-20(30-22)32(15(7)8)16(9)10/h13-16H,11-12H2,1-10H3,(H,23,25,27,29)(H,24,26,28,30). The van der Waals surface area contributed by atoms with Gasteiger partial charge >= 0.3 is 0 Å². The highest BCUT2D eigenvalue weighted by molar-refractivity contribution is 9.26. The lowest BCUT2D eigenvalue weighted by Crippen LogP contribution is -2.38. The molecule has 0 aliphatic heterocycles. The molecular weight excluding hydrogens is 533 g/mol. The van der Waals surface area contributed by atoms with E-state index in [1.54, 1.807) is 19.7 Å². The third kappa shape index (κ3) is 9.18. The Hall–Kier alpha value is -1.38. The third-order valence-corrected chi connectivity index (χ3v) is 10.4. The summed E-state index contributed by atoms with van der Waals surface area (Å²) >= 11 is 0. The second-order valence-corrected chi connectivity index (χ2v) is 14.6. The fourth-order valence-electron chi connectivity index (χ4n) is 3.68. The molecule has 14 heteroatoms. The van der Waals surface area contributed by atoms with Crippen molar-refractivity contribution in [3.63, 3.8) is 0 Å². The van der Waals surface area contributed by atoms with Crippen LogP contribution in [0, 0.1) is 0 Å². The van der Waals surface area contributed by atoms with Crippen molar-refractivity contribution in [2.45, 2.75) is 104 Å². The lowest BCUT2D eigenvalue weighted by atomic mass is 10.2. The first kappa shape index (κ1) is 30.8. The quantitative estimate of drug-likeness (QED) is 0.185. The molecule has 36 heavy (non-hydrogen) atoms. The fraction of sp³-hybridized carbons (Fsp3) is 0.727. The van der Waals surface area contributed by atoms with Gasteiger partial charge < -0.3 is 20.4 Å². The molecule has 0 aromatic carbocycles. The van der Waals surface area contributed by atoms with E-state index < -0.39 is 0 Å². The number of anilines is 4. The minimum absolute atomic E-state index is 0.275. The van der Waals surface area contributed by atoms with E-state index in [0.29, 0.717) is 34.1 Å². The van der Waals surface area contributed by atoms with Crippen LogP contribution in [-0.4, -0.2) is 67.2 Å². The van der Waals surface area contributed by atoms with Crippen molar-refractivity contribution in [2.75, 3.05) is 33.5 Å². The molecule has 0 unspecified atom stereocenters.